The Morgan fingerprint density at radius 1 is 1.19 bits per heavy atom. The first-order chi connectivity index (χ1) is 14.4. The van der Waals surface area contributed by atoms with E-state index < -0.39 is 9.84 Å². The lowest BCUT2D eigenvalue weighted by molar-refractivity contribution is 0.172. The summed E-state index contributed by atoms with van der Waals surface area (Å²) in [7, 11) is -1.15. The lowest BCUT2D eigenvalue weighted by atomic mass is 10.1. The zero-order valence-electron chi connectivity index (χ0n) is 18.9. The number of ether oxygens (including phenoxy) is 2. The molecule has 0 unspecified atom stereocenters. The average Bonchev–Trinajstić information content (AvgIpc) is 2.71. The Kier molecular flexibility index (Phi) is 13.4. The van der Waals surface area contributed by atoms with Crippen LogP contribution in [-0.4, -0.2) is 83.8 Å². The first-order valence-electron chi connectivity index (χ1n) is 10.6. The monoisotopic (exact) mass is 568 g/mol. The first-order valence-corrected chi connectivity index (χ1v) is 12.4. The van der Waals surface area contributed by atoms with Gasteiger partial charge in [0.25, 0.3) is 0 Å². The topological polar surface area (TPSA) is 92.3 Å². The molecule has 0 spiro atoms. The van der Waals surface area contributed by atoms with Crippen molar-refractivity contribution in [1.29, 1.82) is 0 Å². The van der Waals surface area contributed by atoms with E-state index in [1.807, 2.05) is 19.9 Å². The van der Waals surface area contributed by atoms with Crippen molar-refractivity contribution in [3.05, 3.63) is 29.3 Å². The fourth-order valence-corrected chi connectivity index (χ4v) is 4.40. The number of halogens is 1. The van der Waals surface area contributed by atoms with Crippen LogP contribution in [0.1, 0.15) is 24.5 Å². The second-order valence-corrected chi connectivity index (χ2v) is 9.73. The maximum absolute atomic E-state index is 11.5. The fourth-order valence-electron chi connectivity index (χ4n) is 3.12. The first kappa shape index (κ1) is 27.9. The summed E-state index contributed by atoms with van der Waals surface area (Å²) < 4.78 is 34.1. The van der Waals surface area contributed by atoms with Crippen LogP contribution >= 0.6 is 24.0 Å². The number of benzene rings is 1. The maximum atomic E-state index is 11.5. The van der Waals surface area contributed by atoms with Gasteiger partial charge in [0.1, 0.15) is 5.75 Å². The molecular weight excluding hydrogens is 531 g/mol. The minimum Gasteiger partial charge on any atom is -0.493 e. The quantitative estimate of drug-likeness (QED) is 0.182. The van der Waals surface area contributed by atoms with Gasteiger partial charge in [-0.05, 0) is 25.5 Å². The van der Waals surface area contributed by atoms with Crippen LogP contribution in [0.5, 0.6) is 5.75 Å². The smallest absolute Gasteiger partial charge is 0.191 e. The molecule has 0 saturated carbocycles. The van der Waals surface area contributed by atoms with Crippen molar-refractivity contribution in [2.45, 2.75) is 26.8 Å². The maximum Gasteiger partial charge on any atom is 0.191 e. The Labute approximate surface area is 204 Å². The Bertz CT molecular complexity index is 776. The number of sulfone groups is 1. The number of guanidine groups is 1. The normalized spacial score (nSPS) is 16.4. The van der Waals surface area contributed by atoms with E-state index in [9.17, 15) is 8.42 Å². The van der Waals surface area contributed by atoms with Crippen LogP contribution in [0, 0.1) is 6.92 Å². The Balaban J connectivity index is 0.00000480. The molecule has 0 bridgehead atoms. The minimum absolute atomic E-state index is 0. The van der Waals surface area contributed by atoms with E-state index in [0.717, 1.165) is 42.3 Å². The van der Waals surface area contributed by atoms with E-state index >= 15 is 0 Å². The molecule has 1 aliphatic heterocycles. The molecular formula is C21H37IN4O4S. The highest BCUT2D eigenvalue weighted by atomic mass is 127. The molecule has 1 heterocycles. The van der Waals surface area contributed by atoms with Gasteiger partial charge < -0.3 is 20.1 Å². The van der Waals surface area contributed by atoms with Crippen LogP contribution in [0.2, 0.25) is 0 Å². The van der Waals surface area contributed by atoms with Crippen molar-refractivity contribution in [2.75, 3.05) is 64.6 Å². The lowest BCUT2D eigenvalue weighted by Crippen LogP contribution is -2.45. The molecule has 0 radical (unpaired) electrons. The molecule has 8 nitrogen and oxygen atoms in total. The predicted octanol–water partition coefficient (Wildman–Crippen LogP) is 1.81. The highest BCUT2D eigenvalue weighted by Crippen LogP contribution is 2.21. The lowest BCUT2D eigenvalue weighted by Gasteiger charge is -2.26. The summed E-state index contributed by atoms with van der Waals surface area (Å²) in [5.74, 6) is 2.11. The van der Waals surface area contributed by atoms with Gasteiger partial charge in [0.05, 0.1) is 24.7 Å². The van der Waals surface area contributed by atoms with Gasteiger partial charge in [-0.1, -0.05) is 12.1 Å². The number of hydrogen-bond acceptors (Lipinski definition) is 6. The molecule has 0 atom stereocenters. The number of aliphatic imine (C=N–C) groups is 1. The van der Waals surface area contributed by atoms with Crippen molar-refractivity contribution >= 4 is 39.8 Å². The van der Waals surface area contributed by atoms with Crippen molar-refractivity contribution in [2.24, 2.45) is 4.99 Å². The summed E-state index contributed by atoms with van der Waals surface area (Å²) in [6, 6.07) is 6.17. The molecule has 0 amide bonds. The van der Waals surface area contributed by atoms with Crippen LogP contribution < -0.4 is 15.4 Å². The van der Waals surface area contributed by atoms with Gasteiger partial charge in [-0.15, -0.1) is 24.0 Å². The molecule has 0 aliphatic carbocycles. The van der Waals surface area contributed by atoms with Gasteiger partial charge in [-0.3, -0.25) is 4.90 Å². The SMILES string of the molecule is CCNC(=NCc1ccc(C)cc1OCCCOC)NCCN1CCS(=O)(=O)CC1.I. The van der Waals surface area contributed by atoms with Gasteiger partial charge in [0.15, 0.2) is 15.8 Å². The van der Waals surface area contributed by atoms with E-state index in [-0.39, 0.29) is 35.5 Å². The molecule has 10 heteroatoms. The van der Waals surface area contributed by atoms with Crippen LogP contribution in [0.25, 0.3) is 0 Å². The number of rotatable bonds is 11. The summed E-state index contributed by atoms with van der Waals surface area (Å²) in [6.45, 7) is 9.34. The minimum atomic E-state index is -2.84. The molecule has 2 N–H and O–H groups in total. The van der Waals surface area contributed by atoms with E-state index in [0.29, 0.717) is 39.4 Å². The molecule has 1 aromatic carbocycles. The summed E-state index contributed by atoms with van der Waals surface area (Å²) in [5, 5.41) is 6.60. The zero-order valence-corrected chi connectivity index (χ0v) is 22.0. The van der Waals surface area contributed by atoms with E-state index in [1.54, 1.807) is 7.11 Å². The third-order valence-electron chi connectivity index (χ3n) is 4.88. The van der Waals surface area contributed by atoms with Gasteiger partial charge in [-0.25, -0.2) is 13.4 Å². The second-order valence-electron chi connectivity index (χ2n) is 7.42. The van der Waals surface area contributed by atoms with Gasteiger partial charge in [-0.2, -0.15) is 0 Å². The molecule has 1 aliphatic rings. The molecule has 1 saturated heterocycles. The van der Waals surface area contributed by atoms with Crippen LogP contribution in [0.4, 0.5) is 0 Å². The average molecular weight is 569 g/mol. The van der Waals surface area contributed by atoms with Crippen molar-refractivity contribution in [3.63, 3.8) is 0 Å². The number of nitrogens with zero attached hydrogens (tertiary/aromatic N) is 2. The van der Waals surface area contributed by atoms with Gasteiger partial charge in [0.2, 0.25) is 0 Å². The largest absolute Gasteiger partial charge is 0.493 e. The summed E-state index contributed by atoms with van der Waals surface area (Å²) in [4.78, 5) is 6.87. The fraction of sp³-hybridized carbons (Fsp3) is 0.667. The molecule has 31 heavy (non-hydrogen) atoms. The zero-order chi connectivity index (χ0) is 21.8. The summed E-state index contributed by atoms with van der Waals surface area (Å²) in [5.41, 5.74) is 2.19. The van der Waals surface area contributed by atoms with Crippen molar-refractivity contribution in [1.82, 2.24) is 15.5 Å². The van der Waals surface area contributed by atoms with E-state index in [1.165, 1.54) is 0 Å². The number of hydrogen-bond donors (Lipinski definition) is 2. The van der Waals surface area contributed by atoms with Crippen molar-refractivity contribution < 1.29 is 17.9 Å². The molecule has 0 aromatic heterocycles. The van der Waals surface area contributed by atoms with Crippen molar-refractivity contribution in [3.8, 4) is 5.75 Å². The number of nitrogens with one attached hydrogen (secondary N) is 2. The Morgan fingerprint density at radius 2 is 1.94 bits per heavy atom. The Hall–Kier alpha value is -1.11. The Morgan fingerprint density at radius 3 is 2.61 bits per heavy atom. The van der Waals surface area contributed by atoms with E-state index in [2.05, 4.69) is 27.7 Å². The predicted molar refractivity (Wildman–Crippen MR) is 136 cm³/mol. The third-order valence-corrected chi connectivity index (χ3v) is 6.49. The van der Waals surface area contributed by atoms with Crippen LogP contribution in [-0.2, 0) is 21.1 Å². The standard InChI is InChI=1S/C21H36N4O4S.HI/c1-4-22-21(23-8-9-25-10-14-30(26,27)15-11-25)24-17-19-7-6-18(2)16-20(19)29-13-5-12-28-3;/h6-7,16H,4-5,8-15,17H2,1-3H3,(H2,22,23,24);1H. The highest BCUT2D eigenvalue weighted by Gasteiger charge is 2.20. The molecule has 178 valence electrons. The van der Waals surface area contributed by atoms with E-state index in [4.69, 9.17) is 14.5 Å². The van der Waals surface area contributed by atoms with Crippen LogP contribution in [0.15, 0.2) is 23.2 Å². The van der Waals surface area contributed by atoms with Gasteiger partial charge in [0, 0.05) is 58.4 Å². The number of aryl methyl sites for hydroxylation is 1. The van der Waals surface area contributed by atoms with Gasteiger partial charge >= 0.3 is 0 Å². The summed E-state index contributed by atoms with van der Waals surface area (Å²) >= 11 is 0. The van der Waals surface area contributed by atoms with Crippen LogP contribution in [0.3, 0.4) is 0 Å². The molecule has 2 rings (SSSR count). The summed E-state index contributed by atoms with van der Waals surface area (Å²) in [6.07, 6.45) is 0.842. The molecule has 1 fully saturated rings. The number of methoxy groups -OCH3 is 1. The molecule has 1 aromatic rings. The second kappa shape index (κ2) is 14.9. The highest BCUT2D eigenvalue weighted by molar-refractivity contribution is 14.0. The third kappa shape index (κ3) is 10.8.